The molecular weight excluding hydrogens is 180 g/mol. The number of benzene rings is 1. The number of hydrogen-bond acceptors (Lipinski definition) is 3. The number of nitrogens with zero attached hydrogens (tertiary/aromatic N) is 1. The zero-order valence-corrected chi connectivity index (χ0v) is 7.12. The lowest BCUT2D eigenvalue weighted by atomic mass is 10.3. The third-order valence-electron chi connectivity index (χ3n) is 1.14. The molecular formula is C7H5ClN2S. The van der Waals surface area contributed by atoms with Gasteiger partial charge in [0.15, 0.2) is 0 Å². The molecule has 1 aromatic carbocycles. The van der Waals surface area contributed by atoms with Crippen molar-refractivity contribution in [2.24, 2.45) is 0 Å². The highest BCUT2D eigenvalue weighted by Crippen LogP contribution is 2.25. The molecule has 0 unspecified atom stereocenters. The van der Waals surface area contributed by atoms with Crippen LogP contribution in [0.3, 0.4) is 0 Å². The molecule has 0 aliphatic rings. The predicted molar refractivity (Wildman–Crippen MR) is 47.3 cm³/mol. The van der Waals surface area contributed by atoms with Gasteiger partial charge in [-0.3, -0.25) is 0 Å². The molecule has 0 aromatic heterocycles. The Balaban J connectivity index is 2.98. The van der Waals surface area contributed by atoms with E-state index in [9.17, 15) is 0 Å². The first kappa shape index (κ1) is 8.25. The summed E-state index contributed by atoms with van der Waals surface area (Å²) in [5.41, 5.74) is 6.00. The average molecular weight is 185 g/mol. The van der Waals surface area contributed by atoms with E-state index in [-0.39, 0.29) is 0 Å². The first-order chi connectivity index (χ1) is 5.24. The fourth-order valence-corrected chi connectivity index (χ4v) is 1.29. The van der Waals surface area contributed by atoms with Crippen molar-refractivity contribution in [2.75, 3.05) is 5.73 Å². The molecule has 2 N–H and O–H groups in total. The fraction of sp³-hybridized carbons (Fsp3) is 0. The lowest BCUT2D eigenvalue weighted by Gasteiger charge is -1.97. The fourth-order valence-electron chi connectivity index (χ4n) is 0.624. The molecule has 0 saturated heterocycles. The Morgan fingerprint density at radius 1 is 1.55 bits per heavy atom. The van der Waals surface area contributed by atoms with Crippen molar-refractivity contribution in [1.82, 2.24) is 0 Å². The lowest BCUT2D eigenvalue weighted by Crippen LogP contribution is -1.84. The predicted octanol–water partition coefficient (Wildman–Crippen LogP) is 2.50. The SMILES string of the molecule is N#CSc1ccc(N)c(Cl)c1. The van der Waals surface area contributed by atoms with E-state index < -0.39 is 0 Å². The highest BCUT2D eigenvalue weighted by Gasteiger charge is 1.97. The van der Waals surface area contributed by atoms with Gasteiger partial charge in [0.1, 0.15) is 5.40 Å². The maximum atomic E-state index is 8.32. The van der Waals surface area contributed by atoms with Crippen LogP contribution in [-0.2, 0) is 0 Å². The topological polar surface area (TPSA) is 49.8 Å². The Labute approximate surface area is 74.0 Å². The Kier molecular flexibility index (Phi) is 2.64. The molecule has 0 spiro atoms. The Morgan fingerprint density at radius 2 is 2.27 bits per heavy atom. The number of halogens is 1. The highest BCUT2D eigenvalue weighted by atomic mass is 35.5. The molecule has 11 heavy (non-hydrogen) atoms. The second kappa shape index (κ2) is 3.51. The third kappa shape index (κ3) is 2.04. The standard InChI is InChI=1S/C7H5ClN2S/c8-6-3-5(11-4-9)1-2-7(6)10/h1-3H,10H2. The van der Waals surface area contributed by atoms with Crippen molar-refractivity contribution in [3.63, 3.8) is 0 Å². The number of nitriles is 1. The first-order valence-electron chi connectivity index (χ1n) is 2.85. The van der Waals surface area contributed by atoms with Gasteiger partial charge in [-0.25, -0.2) is 0 Å². The van der Waals surface area contributed by atoms with Crippen LogP contribution in [0.4, 0.5) is 5.69 Å². The van der Waals surface area contributed by atoms with E-state index in [0.29, 0.717) is 10.7 Å². The zero-order valence-electron chi connectivity index (χ0n) is 5.54. The van der Waals surface area contributed by atoms with Gasteiger partial charge in [-0.15, -0.1) is 0 Å². The van der Waals surface area contributed by atoms with Crippen LogP contribution in [0.15, 0.2) is 23.1 Å². The number of hydrogen-bond donors (Lipinski definition) is 1. The summed E-state index contributed by atoms with van der Waals surface area (Å²) >= 11 is 6.77. The van der Waals surface area contributed by atoms with Gasteiger partial charge >= 0.3 is 0 Å². The molecule has 0 saturated carbocycles. The molecule has 0 heterocycles. The van der Waals surface area contributed by atoms with Gasteiger partial charge in [0.05, 0.1) is 10.7 Å². The van der Waals surface area contributed by atoms with Gasteiger partial charge < -0.3 is 5.73 Å². The summed E-state index contributed by atoms with van der Waals surface area (Å²) in [5, 5.41) is 10.8. The van der Waals surface area contributed by atoms with Crippen LogP contribution in [0.25, 0.3) is 0 Å². The second-order valence-corrected chi connectivity index (χ2v) is 3.14. The minimum atomic E-state index is 0.491. The van der Waals surface area contributed by atoms with E-state index >= 15 is 0 Å². The van der Waals surface area contributed by atoms with Gasteiger partial charge in [0.25, 0.3) is 0 Å². The van der Waals surface area contributed by atoms with E-state index in [1.54, 1.807) is 18.2 Å². The Hall–Kier alpha value is -0.850. The average Bonchev–Trinajstić information content (AvgIpc) is 1.98. The summed E-state index contributed by atoms with van der Waals surface area (Å²) in [6.07, 6.45) is 0. The van der Waals surface area contributed by atoms with Gasteiger partial charge in [0, 0.05) is 4.90 Å². The van der Waals surface area contributed by atoms with Gasteiger partial charge in [-0.2, -0.15) is 5.26 Å². The molecule has 4 heteroatoms. The molecule has 0 fully saturated rings. The quantitative estimate of drug-likeness (QED) is 0.415. The van der Waals surface area contributed by atoms with E-state index in [0.717, 1.165) is 16.7 Å². The van der Waals surface area contributed by atoms with Crippen LogP contribution in [0.2, 0.25) is 5.02 Å². The summed E-state index contributed by atoms with van der Waals surface area (Å²) in [5.74, 6) is 0. The van der Waals surface area contributed by atoms with Crippen molar-refractivity contribution in [2.45, 2.75) is 4.90 Å². The summed E-state index contributed by atoms with van der Waals surface area (Å²) in [6, 6.07) is 5.11. The van der Waals surface area contributed by atoms with Crippen molar-refractivity contribution >= 4 is 29.1 Å². The second-order valence-electron chi connectivity index (χ2n) is 1.88. The van der Waals surface area contributed by atoms with Crippen molar-refractivity contribution in [1.29, 1.82) is 5.26 Å². The van der Waals surface area contributed by atoms with Crippen LogP contribution in [0.5, 0.6) is 0 Å². The van der Waals surface area contributed by atoms with Gasteiger partial charge in [-0.05, 0) is 30.0 Å². The van der Waals surface area contributed by atoms with E-state index in [1.807, 2.05) is 5.40 Å². The van der Waals surface area contributed by atoms with Crippen molar-refractivity contribution < 1.29 is 0 Å². The van der Waals surface area contributed by atoms with E-state index in [4.69, 9.17) is 22.6 Å². The smallest absolute Gasteiger partial charge is 0.138 e. The number of thiocyanates is 1. The largest absolute Gasteiger partial charge is 0.398 e. The number of thioether (sulfide) groups is 1. The van der Waals surface area contributed by atoms with Crippen LogP contribution >= 0.6 is 23.4 Å². The molecule has 56 valence electrons. The Morgan fingerprint density at radius 3 is 2.82 bits per heavy atom. The third-order valence-corrected chi connectivity index (χ3v) is 2.04. The number of anilines is 1. The molecule has 0 bridgehead atoms. The minimum Gasteiger partial charge on any atom is -0.398 e. The molecule has 0 aliphatic heterocycles. The minimum absolute atomic E-state index is 0.491. The number of nitrogens with two attached hydrogens (primary N) is 1. The molecule has 0 amide bonds. The van der Waals surface area contributed by atoms with Crippen LogP contribution in [-0.4, -0.2) is 0 Å². The molecule has 2 nitrogen and oxygen atoms in total. The van der Waals surface area contributed by atoms with Crippen LogP contribution < -0.4 is 5.73 Å². The van der Waals surface area contributed by atoms with E-state index in [2.05, 4.69) is 0 Å². The highest BCUT2D eigenvalue weighted by molar-refractivity contribution is 8.03. The lowest BCUT2D eigenvalue weighted by molar-refractivity contribution is 1.47. The van der Waals surface area contributed by atoms with E-state index in [1.165, 1.54) is 0 Å². The van der Waals surface area contributed by atoms with Crippen LogP contribution in [0.1, 0.15) is 0 Å². The Bertz CT molecular complexity index is 306. The maximum Gasteiger partial charge on any atom is 0.138 e. The zero-order chi connectivity index (χ0) is 8.27. The molecule has 1 rings (SSSR count). The normalized spacial score (nSPS) is 9.09. The van der Waals surface area contributed by atoms with Crippen molar-refractivity contribution in [3.8, 4) is 5.40 Å². The molecule has 0 aliphatic carbocycles. The maximum absolute atomic E-state index is 8.32. The van der Waals surface area contributed by atoms with Gasteiger partial charge in [0.2, 0.25) is 0 Å². The number of nitrogen functional groups attached to an aromatic ring is 1. The summed E-state index contributed by atoms with van der Waals surface area (Å²) < 4.78 is 0. The first-order valence-corrected chi connectivity index (χ1v) is 4.04. The molecule has 0 atom stereocenters. The molecule has 1 aromatic rings. The van der Waals surface area contributed by atoms with Crippen LogP contribution in [0, 0.1) is 10.7 Å². The number of rotatable bonds is 1. The van der Waals surface area contributed by atoms with Crippen molar-refractivity contribution in [3.05, 3.63) is 23.2 Å². The summed E-state index contributed by atoms with van der Waals surface area (Å²) in [4.78, 5) is 0.812. The van der Waals surface area contributed by atoms with Gasteiger partial charge in [-0.1, -0.05) is 11.6 Å². The molecule has 0 radical (unpaired) electrons. The monoisotopic (exact) mass is 184 g/mol. The summed E-state index contributed by atoms with van der Waals surface area (Å²) in [6.45, 7) is 0. The summed E-state index contributed by atoms with van der Waals surface area (Å²) in [7, 11) is 0.